The molecular weight excluding hydrogens is 413 g/mol. The highest BCUT2D eigenvalue weighted by molar-refractivity contribution is 6.42. The predicted octanol–water partition coefficient (Wildman–Crippen LogP) is 3.74. The van der Waals surface area contributed by atoms with Gasteiger partial charge < -0.3 is 9.88 Å². The molecule has 0 spiro atoms. The Labute approximate surface area is 175 Å². The zero-order valence-electron chi connectivity index (χ0n) is 15.3. The van der Waals surface area contributed by atoms with Gasteiger partial charge >= 0.3 is 0 Å². The number of fused-ring (bicyclic) bond motifs is 1. The van der Waals surface area contributed by atoms with E-state index in [0.29, 0.717) is 26.6 Å². The third-order valence-electron chi connectivity index (χ3n) is 4.38. The Bertz CT molecular complexity index is 1300. The molecule has 0 fully saturated rings. The van der Waals surface area contributed by atoms with E-state index in [1.807, 2.05) is 0 Å². The van der Waals surface area contributed by atoms with Gasteiger partial charge in [0.2, 0.25) is 0 Å². The lowest BCUT2D eigenvalue weighted by Gasteiger charge is -2.12. The molecule has 3 aromatic heterocycles. The largest absolute Gasteiger partial charge is 0.319 e. The molecule has 0 saturated carbocycles. The Kier molecular flexibility index (Phi) is 5.08. The minimum absolute atomic E-state index is 0.230. The molecule has 1 aromatic carbocycles. The summed E-state index contributed by atoms with van der Waals surface area (Å²) in [4.78, 5) is 30.1. The number of carbonyl (C=O) groups is 1. The fourth-order valence-electron chi connectivity index (χ4n) is 3.03. The van der Waals surface area contributed by atoms with Gasteiger partial charge in [0.05, 0.1) is 44.9 Å². The first-order chi connectivity index (χ1) is 13.9. The number of nitrogens with zero attached hydrogens (tertiary/aromatic N) is 4. The van der Waals surface area contributed by atoms with E-state index in [0.717, 1.165) is 5.56 Å². The van der Waals surface area contributed by atoms with Crippen molar-refractivity contribution in [3.8, 4) is 0 Å². The van der Waals surface area contributed by atoms with Crippen LogP contribution in [0.2, 0.25) is 10.0 Å². The molecular formula is C20H15Cl2N5O2. The van der Waals surface area contributed by atoms with E-state index in [-0.39, 0.29) is 23.6 Å². The predicted molar refractivity (Wildman–Crippen MR) is 113 cm³/mol. The van der Waals surface area contributed by atoms with E-state index in [1.54, 1.807) is 60.7 Å². The zero-order valence-corrected chi connectivity index (χ0v) is 16.8. The molecule has 0 radical (unpaired) electrons. The average Bonchev–Trinajstić information content (AvgIpc) is 3.11. The zero-order chi connectivity index (χ0) is 20.5. The number of halogens is 2. The first kappa shape index (κ1) is 19.2. The van der Waals surface area contributed by atoms with Gasteiger partial charge in [-0.1, -0.05) is 29.3 Å². The highest BCUT2D eigenvalue weighted by atomic mass is 35.5. The van der Waals surface area contributed by atoms with Crippen LogP contribution in [0.25, 0.3) is 10.9 Å². The molecule has 0 unspecified atom stereocenters. The molecule has 9 heteroatoms. The Morgan fingerprint density at radius 2 is 2.00 bits per heavy atom. The Hall–Kier alpha value is -3.16. The summed E-state index contributed by atoms with van der Waals surface area (Å²) in [6, 6.07) is 8.46. The molecule has 7 nitrogen and oxygen atoms in total. The van der Waals surface area contributed by atoms with Crippen molar-refractivity contribution in [2.75, 3.05) is 5.32 Å². The minimum atomic E-state index is -0.385. The lowest BCUT2D eigenvalue weighted by atomic mass is 10.1. The van der Waals surface area contributed by atoms with Gasteiger partial charge in [-0.3, -0.25) is 19.3 Å². The third-order valence-corrected chi connectivity index (χ3v) is 5.12. The first-order valence-corrected chi connectivity index (χ1v) is 9.40. The van der Waals surface area contributed by atoms with E-state index in [1.165, 1.54) is 10.8 Å². The molecule has 0 aliphatic rings. The second kappa shape index (κ2) is 7.69. The lowest BCUT2D eigenvalue weighted by Crippen LogP contribution is -2.24. The molecule has 0 bridgehead atoms. The maximum absolute atomic E-state index is 12.9. The number of rotatable bonds is 4. The SMILES string of the molecule is Cn1cc(NC(=O)c2cn(Cc3ccc(Cl)c(Cl)c3)c(=O)c3cccnc23)cn1. The summed E-state index contributed by atoms with van der Waals surface area (Å²) in [5.74, 6) is -0.385. The summed E-state index contributed by atoms with van der Waals surface area (Å²) in [7, 11) is 1.75. The summed E-state index contributed by atoms with van der Waals surface area (Å²) in [5.41, 5.74) is 1.69. The van der Waals surface area contributed by atoms with Crippen LogP contribution in [0, 0.1) is 0 Å². The van der Waals surface area contributed by atoms with Gasteiger partial charge in [0, 0.05) is 25.6 Å². The van der Waals surface area contributed by atoms with Crippen molar-refractivity contribution in [3.63, 3.8) is 0 Å². The van der Waals surface area contributed by atoms with E-state index in [9.17, 15) is 9.59 Å². The van der Waals surface area contributed by atoms with Gasteiger partial charge in [-0.2, -0.15) is 5.10 Å². The van der Waals surface area contributed by atoms with Crippen LogP contribution in [0.4, 0.5) is 5.69 Å². The van der Waals surface area contributed by atoms with Crippen molar-refractivity contribution in [2.24, 2.45) is 7.05 Å². The molecule has 4 rings (SSSR count). The van der Waals surface area contributed by atoms with Crippen molar-refractivity contribution in [1.82, 2.24) is 19.3 Å². The van der Waals surface area contributed by atoms with Gasteiger partial charge in [-0.15, -0.1) is 0 Å². The molecule has 0 saturated heterocycles. The van der Waals surface area contributed by atoms with Crippen LogP contribution in [0.3, 0.4) is 0 Å². The number of pyridine rings is 2. The van der Waals surface area contributed by atoms with Crippen LogP contribution in [0.5, 0.6) is 0 Å². The standard InChI is InChI=1S/C20H15Cl2N5O2/c1-26-10-13(8-24-26)25-19(28)15-11-27(9-12-4-5-16(21)17(22)7-12)20(29)14-3-2-6-23-18(14)15/h2-8,10-11H,9H2,1H3,(H,25,28). The molecule has 1 amide bonds. The minimum Gasteiger partial charge on any atom is -0.319 e. The highest BCUT2D eigenvalue weighted by Crippen LogP contribution is 2.23. The molecule has 29 heavy (non-hydrogen) atoms. The van der Waals surface area contributed by atoms with Gasteiger partial charge in [-0.05, 0) is 29.8 Å². The number of aryl methyl sites for hydroxylation is 1. The number of nitrogens with one attached hydrogen (secondary N) is 1. The average molecular weight is 428 g/mol. The van der Waals surface area contributed by atoms with E-state index < -0.39 is 0 Å². The molecule has 0 aliphatic carbocycles. The van der Waals surface area contributed by atoms with Crippen molar-refractivity contribution < 1.29 is 4.79 Å². The highest BCUT2D eigenvalue weighted by Gasteiger charge is 2.17. The van der Waals surface area contributed by atoms with Crippen molar-refractivity contribution >= 4 is 45.7 Å². The fourth-order valence-corrected chi connectivity index (χ4v) is 3.35. The summed E-state index contributed by atoms with van der Waals surface area (Å²) < 4.78 is 3.04. The second-order valence-electron chi connectivity index (χ2n) is 6.48. The summed E-state index contributed by atoms with van der Waals surface area (Å²) in [5, 5.41) is 8.00. The maximum atomic E-state index is 12.9. The summed E-state index contributed by atoms with van der Waals surface area (Å²) >= 11 is 12.1. The van der Waals surface area contributed by atoms with Crippen molar-refractivity contribution in [2.45, 2.75) is 6.54 Å². The molecule has 0 aliphatic heterocycles. The van der Waals surface area contributed by atoms with E-state index >= 15 is 0 Å². The monoisotopic (exact) mass is 427 g/mol. The summed E-state index contributed by atoms with van der Waals surface area (Å²) in [6.07, 6.45) is 6.27. The van der Waals surface area contributed by atoms with Crippen LogP contribution < -0.4 is 10.9 Å². The normalized spacial score (nSPS) is 11.0. The second-order valence-corrected chi connectivity index (χ2v) is 7.30. The number of aromatic nitrogens is 4. The fraction of sp³-hybridized carbons (Fsp3) is 0.100. The van der Waals surface area contributed by atoms with E-state index in [4.69, 9.17) is 23.2 Å². The van der Waals surface area contributed by atoms with Crippen LogP contribution in [-0.2, 0) is 13.6 Å². The maximum Gasteiger partial charge on any atom is 0.260 e. The number of amides is 1. The number of anilines is 1. The number of benzene rings is 1. The molecule has 0 atom stereocenters. The van der Waals surface area contributed by atoms with Crippen LogP contribution in [0.1, 0.15) is 15.9 Å². The van der Waals surface area contributed by atoms with Crippen LogP contribution >= 0.6 is 23.2 Å². The smallest absolute Gasteiger partial charge is 0.260 e. The molecule has 3 heterocycles. The quantitative estimate of drug-likeness (QED) is 0.537. The first-order valence-electron chi connectivity index (χ1n) is 8.64. The number of hydrogen-bond acceptors (Lipinski definition) is 4. The Balaban J connectivity index is 1.79. The third kappa shape index (κ3) is 3.87. The summed E-state index contributed by atoms with van der Waals surface area (Å²) in [6.45, 7) is 0.230. The van der Waals surface area contributed by atoms with Crippen molar-refractivity contribution in [3.05, 3.63) is 86.6 Å². The van der Waals surface area contributed by atoms with E-state index in [2.05, 4.69) is 15.4 Å². The van der Waals surface area contributed by atoms with Gasteiger partial charge in [0.1, 0.15) is 0 Å². The molecule has 4 aromatic rings. The van der Waals surface area contributed by atoms with Crippen LogP contribution in [0.15, 0.2) is 59.9 Å². The van der Waals surface area contributed by atoms with Crippen LogP contribution in [-0.4, -0.2) is 25.2 Å². The number of hydrogen-bond donors (Lipinski definition) is 1. The van der Waals surface area contributed by atoms with Gasteiger partial charge in [-0.25, -0.2) is 0 Å². The van der Waals surface area contributed by atoms with Crippen molar-refractivity contribution in [1.29, 1.82) is 0 Å². The van der Waals surface area contributed by atoms with Gasteiger partial charge in [0.15, 0.2) is 0 Å². The number of carbonyl (C=O) groups excluding carboxylic acids is 1. The van der Waals surface area contributed by atoms with Gasteiger partial charge in [0.25, 0.3) is 11.5 Å². The Morgan fingerprint density at radius 3 is 2.72 bits per heavy atom. The Morgan fingerprint density at radius 1 is 1.17 bits per heavy atom. The molecule has 1 N–H and O–H groups in total. The molecule has 146 valence electrons. The topological polar surface area (TPSA) is 81.8 Å². The lowest BCUT2D eigenvalue weighted by molar-refractivity contribution is 0.102.